The van der Waals surface area contributed by atoms with Crippen molar-refractivity contribution in [1.82, 2.24) is 14.9 Å². The van der Waals surface area contributed by atoms with Crippen molar-refractivity contribution in [2.45, 2.75) is 10.5 Å². The van der Waals surface area contributed by atoms with Crippen LogP contribution in [0, 0.1) is 0 Å². The fourth-order valence-electron chi connectivity index (χ4n) is 2.73. The Morgan fingerprint density at radius 2 is 1.63 bits per heavy atom. The molecule has 144 valence electrons. The number of sulfone groups is 1. The maximum atomic E-state index is 12.9. The van der Waals surface area contributed by atoms with E-state index < -0.39 is 31.8 Å². The monoisotopic (exact) mass is 400 g/mol. The fourth-order valence-corrected chi connectivity index (χ4v) is 3.59. The van der Waals surface area contributed by atoms with Crippen LogP contribution in [-0.4, -0.2) is 60.9 Å². The maximum Gasteiger partial charge on any atom is 0.503 e. The summed E-state index contributed by atoms with van der Waals surface area (Å²) in [7, 11) is -5.72. The number of anilines is 1. The molecule has 0 radical (unpaired) electrons. The SMILES string of the molecule is O=C(c1cccnc1S(=O)(=O)C(F)(F)F)N1CCN(c2ccccn2)CC1. The lowest BCUT2D eigenvalue weighted by molar-refractivity contribution is -0.0438. The van der Waals surface area contributed by atoms with Gasteiger partial charge in [-0.1, -0.05) is 6.07 Å². The molecule has 7 nitrogen and oxygen atoms in total. The number of aromatic nitrogens is 2. The van der Waals surface area contributed by atoms with Gasteiger partial charge in [0.05, 0.1) is 5.56 Å². The molecule has 0 atom stereocenters. The Balaban J connectivity index is 1.80. The predicted molar refractivity (Wildman–Crippen MR) is 89.8 cm³/mol. The molecule has 0 saturated carbocycles. The summed E-state index contributed by atoms with van der Waals surface area (Å²) in [6, 6.07) is 7.68. The number of nitrogens with zero attached hydrogens (tertiary/aromatic N) is 4. The molecule has 2 aromatic rings. The van der Waals surface area contributed by atoms with Gasteiger partial charge in [-0.15, -0.1) is 0 Å². The molecule has 1 aliphatic heterocycles. The standard InChI is InChI=1S/C16H15F3N4O3S/c17-16(18,19)27(25,26)14-12(4-3-7-21-14)15(24)23-10-8-22(9-11-23)13-5-1-2-6-20-13/h1-7H,8-11H2. The fraction of sp³-hybridized carbons (Fsp3) is 0.312. The Labute approximate surface area is 153 Å². The number of alkyl halides is 3. The number of pyridine rings is 2. The third kappa shape index (κ3) is 3.72. The Morgan fingerprint density at radius 3 is 2.22 bits per heavy atom. The van der Waals surface area contributed by atoms with Crippen LogP contribution in [0.1, 0.15) is 10.4 Å². The molecule has 3 heterocycles. The van der Waals surface area contributed by atoms with Crippen LogP contribution in [0.3, 0.4) is 0 Å². The highest BCUT2D eigenvalue weighted by Gasteiger charge is 2.49. The van der Waals surface area contributed by atoms with Crippen molar-refractivity contribution in [3.05, 3.63) is 48.3 Å². The molecule has 1 saturated heterocycles. The highest BCUT2D eigenvalue weighted by atomic mass is 32.2. The minimum Gasteiger partial charge on any atom is -0.353 e. The lowest BCUT2D eigenvalue weighted by Crippen LogP contribution is -2.49. The third-order valence-electron chi connectivity index (χ3n) is 4.10. The quantitative estimate of drug-likeness (QED) is 0.780. The van der Waals surface area contributed by atoms with Gasteiger partial charge in [-0.3, -0.25) is 4.79 Å². The number of hydrogen-bond donors (Lipinski definition) is 0. The van der Waals surface area contributed by atoms with Crippen LogP contribution in [0.15, 0.2) is 47.8 Å². The summed E-state index contributed by atoms with van der Waals surface area (Å²) >= 11 is 0. The summed E-state index contributed by atoms with van der Waals surface area (Å²) < 4.78 is 62.1. The van der Waals surface area contributed by atoms with E-state index in [0.717, 1.165) is 18.1 Å². The van der Waals surface area contributed by atoms with Crippen LogP contribution in [0.5, 0.6) is 0 Å². The van der Waals surface area contributed by atoms with Gasteiger partial charge in [0.2, 0.25) is 0 Å². The highest BCUT2D eigenvalue weighted by Crippen LogP contribution is 2.31. The molecule has 3 rings (SSSR count). The molecule has 0 spiro atoms. The van der Waals surface area contributed by atoms with Crippen LogP contribution >= 0.6 is 0 Å². The van der Waals surface area contributed by atoms with Crippen molar-refractivity contribution in [1.29, 1.82) is 0 Å². The van der Waals surface area contributed by atoms with Gasteiger partial charge in [0.25, 0.3) is 15.7 Å². The molecule has 11 heteroatoms. The largest absolute Gasteiger partial charge is 0.503 e. The van der Waals surface area contributed by atoms with E-state index in [2.05, 4.69) is 9.97 Å². The molecule has 2 aromatic heterocycles. The summed E-state index contributed by atoms with van der Waals surface area (Å²) in [5, 5.41) is -1.27. The molecule has 1 aliphatic rings. The van der Waals surface area contributed by atoms with Crippen LogP contribution in [0.4, 0.5) is 19.0 Å². The van der Waals surface area contributed by atoms with Gasteiger partial charge < -0.3 is 9.80 Å². The van der Waals surface area contributed by atoms with E-state index in [9.17, 15) is 26.4 Å². The zero-order valence-corrected chi connectivity index (χ0v) is 14.7. The average Bonchev–Trinajstić information content (AvgIpc) is 2.67. The number of carbonyl (C=O) groups excluding carboxylic acids is 1. The van der Waals surface area contributed by atoms with E-state index in [4.69, 9.17) is 0 Å². The second kappa shape index (κ2) is 7.14. The molecule has 0 unspecified atom stereocenters. The molecule has 0 aliphatic carbocycles. The number of halogens is 3. The first-order valence-electron chi connectivity index (χ1n) is 7.93. The van der Waals surface area contributed by atoms with E-state index in [1.165, 1.54) is 11.0 Å². The molecule has 0 N–H and O–H groups in total. The van der Waals surface area contributed by atoms with Crippen molar-refractivity contribution in [3.8, 4) is 0 Å². The summed E-state index contributed by atoms with van der Waals surface area (Å²) in [5.41, 5.74) is -6.12. The van der Waals surface area contributed by atoms with E-state index in [-0.39, 0.29) is 13.1 Å². The zero-order valence-electron chi connectivity index (χ0n) is 13.9. The van der Waals surface area contributed by atoms with E-state index >= 15 is 0 Å². The molecule has 0 bridgehead atoms. The molecular weight excluding hydrogens is 385 g/mol. The normalized spacial score (nSPS) is 15.7. The third-order valence-corrected chi connectivity index (χ3v) is 5.54. The summed E-state index contributed by atoms with van der Waals surface area (Å²) in [6.07, 6.45) is 2.55. The number of amides is 1. The van der Waals surface area contributed by atoms with Gasteiger partial charge in [-0.05, 0) is 24.3 Å². The number of hydrogen-bond acceptors (Lipinski definition) is 6. The first kappa shape index (κ1) is 19.1. The van der Waals surface area contributed by atoms with E-state index in [1.807, 2.05) is 17.0 Å². The lowest BCUT2D eigenvalue weighted by Gasteiger charge is -2.35. The van der Waals surface area contributed by atoms with Crippen molar-refractivity contribution < 1.29 is 26.4 Å². The summed E-state index contributed by atoms with van der Waals surface area (Å²) in [5.74, 6) is -0.0714. The van der Waals surface area contributed by atoms with Crippen LogP contribution in [0.25, 0.3) is 0 Å². The van der Waals surface area contributed by atoms with Crippen molar-refractivity contribution in [2.24, 2.45) is 0 Å². The Morgan fingerprint density at radius 1 is 0.963 bits per heavy atom. The topological polar surface area (TPSA) is 83.5 Å². The van der Waals surface area contributed by atoms with Crippen LogP contribution in [-0.2, 0) is 9.84 Å². The second-order valence-corrected chi connectivity index (χ2v) is 7.63. The highest BCUT2D eigenvalue weighted by molar-refractivity contribution is 7.92. The molecular formula is C16H15F3N4O3S. The molecule has 1 amide bonds. The van der Waals surface area contributed by atoms with Crippen LogP contribution < -0.4 is 4.90 Å². The Kier molecular flexibility index (Phi) is 5.05. The number of piperazine rings is 1. The molecule has 1 fully saturated rings. The number of rotatable bonds is 3. The van der Waals surface area contributed by atoms with Gasteiger partial charge in [0.1, 0.15) is 5.82 Å². The first-order chi connectivity index (χ1) is 12.7. The minimum absolute atomic E-state index is 0.218. The van der Waals surface area contributed by atoms with E-state index in [0.29, 0.717) is 13.1 Å². The molecule has 0 aromatic carbocycles. The van der Waals surface area contributed by atoms with Crippen molar-refractivity contribution in [2.75, 3.05) is 31.1 Å². The lowest BCUT2D eigenvalue weighted by atomic mass is 10.2. The van der Waals surface area contributed by atoms with Crippen LogP contribution in [0.2, 0.25) is 0 Å². The van der Waals surface area contributed by atoms with Gasteiger partial charge in [-0.25, -0.2) is 18.4 Å². The summed E-state index contributed by atoms with van der Waals surface area (Å²) in [4.78, 5) is 23.4. The van der Waals surface area contributed by atoms with Gasteiger partial charge in [0.15, 0.2) is 5.03 Å². The van der Waals surface area contributed by atoms with Gasteiger partial charge in [0, 0.05) is 38.6 Å². The van der Waals surface area contributed by atoms with Crippen molar-refractivity contribution in [3.63, 3.8) is 0 Å². The first-order valence-corrected chi connectivity index (χ1v) is 9.42. The smallest absolute Gasteiger partial charge is 0.353 e. The Hall–Kier alpha value is -2.69. The summed E-state index contributed by atoms with van der Waals surface area (Å²) in [6.45, 7) is 1.28. The average molecular weight is 400 g/mol. The minimum atomic E-state index is -5.72. The van der Waals surface area contributed by atoms with Gasteiger partial charge >= 0.3 is 5.51 Å². The predicted octanol–water partition coefficient (Wildman–Crippen LogP) is 1.73. The van der Waals surface area contributed by atoms with E-state index in [1.54, 1.807) is 12.3 Å². The number of carbonyl (C=O) groups is 1. The molecule has 27 heavy (non-hydrogen) atoms. The zero-order chi connectivity index (χ0) is 19.7. The van der Waals surface area contributed by atoms with Gasteiger partial charge in [-0.2, -0.15) is 13.2 Å². The maximum absolute atomic E-state index is 12.9. The van der Waals surface area contributed by atoms with Crippen molar-refractivity contribution >= 4 is 21.6 Å². The Bertz CT molecular complexity index is 927. The second-order valence-electron chi connectivity index (χ2n) is 5.77.